The summed E-state index contributed by atoms with van der Waals surface area (Å²) in [6, 6.07) is -4.94. The summed E-state index contributed by atoms with van der Waals surface area (Å²) in [6.45, 7) is 4.60. The minimum Gasteiger partial charge on any atom is -0.480 e. The second kappa shape index (κ2) is 14.7. The maximum absolute atomic E-state index is 12.6. The van der Waals surface area contributed by atoms with Crippen LogP contribution in [0.15, 0.2) is 0 Å². The minimum atomic E-state index is -1.57. The summed E-state index contributed by atoms with van der Waals surface area (Å²) in [5, 5.41) is 35.2. The van der Waals surface area contributed by atoms with Gasteiger partial charge in [-0.1, -0.05) is 13.8 Å². The predicted molar refractivity (Wildman–Crippen MR) is 113 cm³/mol. The summed E-state index contributed by atoms with van der Waals surface area (Å²) >= 11 is 0. The molecule has 10 N–H and O–H groups in total. The number of aliphatic hydroxyl groups is 2. The fourth-order valence-corrected chi connectivity index (χ4v) is 2.76. The molecule has 0 aromatic rings. The second-order valence-electron chi connectivity index (χ2n) is 7.89. The van der Waals surface area contributed by atoms with Crippen LogP contribution in [0, 0.1) is 5.92 Å². The lowest BCUT2D eigenvalue weighted by molar-refractivity contribution is -0.145. The van der Waals surface area contributed by atoms with Crippen LogP contribution < -0.4 is 27.4 Å². The number of unbranched alkanes of at least 4 members (excludes halogenated alkanes) is 1. The highest BCUT2D eigenvalue weighted by Gasteiger charge is 2.31. The topological polar surface area (TPSA) is 217 Å². The van der Waals surface area contributed by atoms with Gasteiger partial charge in [0.25, 0.3) is 0 Å². The standard InChI is InChI=1S/C19H37N5O7/c1-10(2)8-12(21)16(27)23-14(9-25)18(29)22-13(6-4-5-7-20)17(28)24-15(11(3)26)19(30)31/h10-15,25-26H,4-9,20-21H2,1-3H3,(H,22,29)(H,23,27)(H,24,28)(H,30,31). The van der Waals surface area contributed by atoms with Crippen LogP contribution in [-0.4, -0.2) is 82.4 Å². The molecule has 0 heterocycles. The molecule has 31 heavy (non-hydrogen) atoms. The van der Waals surface area contributed by atoms with E-state index in [-0.39, 0.29) is 12.3 Å². The number of hydrogen-bond donors (Lipinski definition) is 8. The minimum absolute atomic E-state index is 0.139. The molecule has 180 valence electrons. The molecule has 0 radical (unpaired) electrons. The quantitative estimate of drug-likeness (QED) is 0.123. The van der Waals surface area contributed by atoms with Crippen LogP contribution in [-0.2, 0) is 19.2 Å². The van der Waals surface area contributed by atoms with E-state index in [0.29, 0.717) is 25.8 Å². The van der Waals surface area contributed by atoms with Crippen LogP contribution in [0.3, 0.4) is 0 Å². The van der Waals surface area contributed by atoms with Crippen molar-refractivity contribution >= 4 is 23.7 Å². The monoisotopic (exact) mass is 447 g/mol. The molecule has 0 spiro atoms. The van der Waals surface area contributed by atoms with Gasteiger partial charge in [-0.15, -0.1) is 0 Å². The van der Waals surface area contributed by atoms with Crippen LogP contribution >= 0.6 is 0 Å². The maximum atomic E-state index is 12.6. The zero-order valence-corrected chi connectivity index (χ0v) is 18.3. The lowest BCUT2D eigenvalue weighted by atomic mass is 10.0. The van der Waals surface area contributed by atoms with Crippen molar-refractivity contribution in [1.82, 2.24) is 16.0 Å². The van der Waals surface area contributed by atoms with Crippen molar-refractivity contribution in [1.29, 1.82) is 0 Å². The van der Waals surface area contributed by atoms with Crippen LogP contribution in [0.2, 0.25) is 0 Å². The maximum Gasteiger partial charge on any atom is 0.328 e. The van der Waals surface area contributed by atoms with E-state index in [1.807, 2.05) is 13.8 Å². The van der Waals surface area contributed by atoms with Gasteiger partial charge in [-0.05, 0) is 45.1 Å². The second-order valence-corrected chi connectivity index (χ2v) is 7.89. The zero-order valence-electron chi connectivity index (χ0n) is 18.3. The van der Waals surface area contributed by atoms with Gasteiger partial charge in [-0.25, -0.2) is 4.79 Å². The normalized spacial score (nSPS) is 16.0. The summed E-state index contributed by atoms with van der Waals surface area (Å²) in [4.78, 5) is 48.5. The molecular weight excluding hydrogens is 410 g/mol. The Hall–Kier alpha value is -2.28. The molecule has 0 aromatic heterocycles. The molecule has 0 aliphatic carbocycles. The van der Waals surface area contributed by atoms with Crippen LogP contribution in [0.25, 0.3) is 0 Å². The van der Waals surface area contributed by atoms with Gasteiger partial charge in [0.05, 0.1) is 18.8 Å². The Balaban J connectivity index is 5.24. The van der Waals surface area contributed by atoms with Crippen molar-refractivity contribution in [3.8, 4) is 0 Å². The summed E-state index contributed by atoms with van der Waals surface area (Å²) in [7, 11) is 0. The molecule has 0 aliphatic rings. The van der Waals surface area contributed by atoms with E-state index >= 15 is 0 Å². The lowest BCUT2D eigenvalue weighted by Gasteiger charge is -2.25. The highest BCUT2D eigenvalue weighted by molar-refractivity contribution is 5.94. The van der Waals surface area contributed by atoms with Crippen molar-refractivity contribution in [3.05, 3.63) is 0 Å². The first-order valence-corrected chi connectivity index (χ1v) is 10.3. The van der Waals surface area contributed by atoms with Crippen LogP contribution in [0.5, 0.6) is 0 Å². The third-order valence-electron chi connectivity index (χ3n) is 4.50. The lowest BCUT2D eigenvalue weighted by Crippen LogP contribution is -2.59. The van der Waals surface area contributed by atoms with Crippen molar-refractivity contribution in [2.24, 2.45) is 17.4 Å². The van der Waals surface area contributed by atoms with Crippen molar-refractivity contribution in [2.75, 3.05) is 13.2 Å². The van der Waals surface area contributed by atoms with Gasteiger partial charge in [-0.2, -0.15) is 0 Å². The molecule has 0 saturated carbocycles. The van der Waals surface area contributed by atoms with E-state index in [4.69, 9.17) is 16.6 Å². The van der Waals surface area contributed by atoms with Gasteiger partial charge in [-0.3, -0.25) is 14.4 Å². The first kappa shape index (κ1) is 28.7. The molecule has 0 aliphatic heterocycles. The molecule has 0 saturated heterocycles. The molecule has 0 aromatic carbocycles. The zero-order chi connectivity index (χ0) is 24.1. The Labute approximate surface area is 182 Å². The summed E-state index contributed by atoms with van der Waals surface area (Å²) in [5.74, 6) is -3.56. The number of amides is 3. The summed E-state index contributed by atoms with van der Waals surface area (Å²) in [5.41, 5.74) is 11.2. The average molecular weight is 448 g/mol. The largest absolute Gasteiger partial charge is 0.480 e. The number of aliphatic hydroxyl groups excluding tert-OH is 2. The molecule has 5 atom stereocenters. The first-order valence-electron chi connectivity index (χ1n) is 10.3. The Morgan fingerprint density at radius 3 is 1.90 bits per heavy atom. The van der Waals surface area contributed by atoms with Gasteiger partial charge in [0.15, 0.2) is 6.04 Å². The predicted octanol–water partition coefficient (Wildman–Crippen LogP) is -2.60. The van der Waals surface area contributed by atoms with E-state index in [1.165, 1.54) is 6.92 Å². The first-order chi connectivity index (χ1) is 14.4. The fraction of sp³-hybridized carbons (Fsp3) is 0.789. The Kier molecular flexibility index (Phi) is 13.6. The Morgan fingerprint density at radius 2 is 1.45 bits per heavy atom. The van der Waals surface area contributed by atoms with E-state index < -0.39 is 60.6 Å². The van der Waals surface area contributed by atoms with Crippen LogP contribution in [0.1, 0.15) is 46.5 Å². The number of rotatable bonds is 15. The Bertz CT molecular complexity index is 600. The summed E-state index contributed by atoms with van der Waals surface area (Å²) in [6.07, 6.45) is 0.166. The molecule has 12 heteroatoms. The smallest absolute Gasteiger partial charge is 0.328 e. The number of carboxylic acid groups (broad SMARTS) is 1. The average Bonchev–Trinajstić information content (AvgIpc) is 2.67. The van der Waals surface area contributed by atoms with Gasteiger partial charge in [0.1, 0.15) is 12.1 Å². The number of carbonyl (C=O) groups excluding carboxylic acids is 3. The third kappa shape index (κ3) is 11.1. The molecular formula is C19H37N5O7. The van der Waals surface area contributed by atoms with E-state index in [0.717, 1.165) is 0 Å². The highest BCUT2D eigenvalue weighted by atomic mass is 16.4. The number of aliphatic carboxylic acids is 1. The number of nitrogens with two attached hydrogens (primary N) is 2. The van der Waals surface area contributed by atoms with Gasteiger partial charge < -0.3 is 42.7 Å². The molecule has 12 nitrogen and oxygen atoms in total. The van der Waals surface area contributed by atoms with E-state index in [2.05, 4.69) is 16.0 Å². The molecule has 0 rings (SSSR count). The summed E-state index contributed by atoms with van der Waals surface area (Å²) < 4.78 is 0. The highest BCUT2D eigenvalue weighted by Crippen LogP contribution is 2.05. The van der Waals surface area contributed by atoms with Crippen LogP contribution in [0.4, 0.5) is 0 Å². The number of nitrogens with one attached hydrogen (secondary N) is 3. The molecule has 0 fully saturated rings. The van der Waals surface area contributed by atoms with Gasteiger partial charge in [0.2, 0.25) is 17.7 Å². The van der Waals surface area contributed by atoms with E-state index in [9.17, 15) is 29.4 Å². The molecule has 0 bridgehead atoms. The number of carbonyl (C=O) groups is 4. The number of hydrogen-bond acceptors (Lipinski definition) is 8. The third-order valence-corrected chi connectivity index (χ3v) is 4.50. The SMILES string of the molecule is CC(C)CC(N)C(=O)NC(CO)C(=O)NC(CCCCN)C(=O)NC(C(=O)O)C(C)O. The Morgan fingerprint density at radius 1 is 0.903 bits per heavy atom. The number of carboxylic acids is 1. The molecule has 3 amide bonds. The molecule has 5 unspecified atom stereocenters. The van der Waals surface area contributed by atoms with E-state index in [1.54, 1.807) is 0 Å². The van der Waals surface area contributed by atoms with Gasteiger partial charge >= 0.3 is 5.97 Å². The van der Waals surface area contributed by atoms with Crippen molar-refractivity contribution in [3.63, 3.8) is 0 Å². The van der Waals surface area contributed by atoms with Gasteiger partial charge in [0, 0.05) is 0 Å². The van der Waals surface area contributed by atoms with Crippen molar-refractivity contribution in [2.45, 2.75) is 76.7 Å². The fourth-order valence-electron chi connectivity index (χ4n) is 2.76. The van der Waals surface area contributed by atoms with Crippen molar-refractivity contribution < 1.29 is 34.5 Å².